The van der Waals surface area contributed by atoms with Gasteiger partial charge in [0.15, 0.2) is 5.11 Å². The summed E-state index contributed by atoms with van der Waals surface area (Å²) in [5.74, 6) is 0. The van der Waals surface area contributed by atoms with Crippen molar-refractivity contribution in [1.29, 1.82) is 0 Å². The van der Waals surface area contributed by atoms with Crippen LogP contribution in [0.25, 0.3) is 10.9 Å². The van der Waals surface area contributed by atoms with Gasteiger partial charge in [-0.15, -0.1) is 0 Å². The summed E-state index contributed by atoms with van der Waals surface area (Å²) < 4.78 is 5.41. The second kappa shape index (κ2) is 10.0. The molecule has 0 amide bonds. The van der Waals surface area contributed by atoms with Gasteiger partial charge < -0.3 is 19.9 Å². The van der Waals surface area contributed by atoms with Crippen molar-refractivity contribution in [3.05, 3.63) is 45.7 Å². The van der Waals surface area contributed by atoms with E-state index < -0.39 is 0 Å². The number of benzene rings is 1. The Morgan fingerprint density at radius 3 is 2.86 bits per heavy atom. The number of pyridine rings is 1. The average molecular weight is 403 g/mol. The van der Waals surface area contributed by atoms with Crippen LogP contribution in [0.15, 0.2) is 29.1 Å². The molecule has 0 bridgehead atoms. The van der Waals surface area contributed by atoms with Gasteiger partial charge in [0.05, 0.1) is 19.8 Å². The third kappa shape index (κ3) is 5.53. The van der Waals surface area contributed by atoms with Crippen molar-refractivity contribution >= 4 is 28.2 Å². The van der Waals surface area contributed by atoms with Crippen LogP contribution in [-0.2, 0) is 11.3 Å². The van der Waals surface area contributed by atoms with Gasteiger partial charge in [0, 0.05) is 43.8 Å². The zero-order valence-corrected chi connectivity index (χ0v) is 17.6. The molecule has 6 nitrogen and oxygen atoms in total. The number of aromatic nitrogens is 1. The van der Waals surface area contributed by atoms with E-state index in [0.29, 0.717) is 11.7 Å². The standard InChI is InChI=1S/C21H30N4O2S/c1-3-22-21(28)25(8-4-7-24-9-11-27-12-10-24)15-18-14-17-6-5-16(2)13-19(17)23-20(18)26/h5-6,13-14H,3-4,7-12,15H2,1-2H3,(H,22,28)(H,23,26). The Morgan fingerprint density at radius 2 is 2.11 bits per heavy atom. The predicted molar refractivity (Wildman–Crippen MR) is 118 cm³/mol. The summed E-state index contributed by atoms with van der Waals surface area (Å²) in [4.78, 5) is 20.1. The Labute approximate surface area is 171 Å². The van der Waals surface area contributed by atoms with E-state index in [2.05, 4.69) is 32.2 Å². The lowest BCUT2D eigenvalue weighted by atomic mass is 10.1. The molecule has 7 heteroatoms. The van der Waals surface area contributed by atoms with E-state index in [-0.39, 0.29) is 5.56 Å². The van der Waals surface area contributed by atoms with Gasteiger partial charge in [-0.25, -0.2) is 0 Å². The number of rotatable bonds is 7. The highest BCUT2D eigenvalue weighted by Crippen LogP contribution is 2.14. The Hall–Kier alpha value is -1.96. The minimum absolute atomic E-state index is 0.0458. The number of ether oxygens (including phenoxy) is 1. The number of hydrogen-bond donors (Lipinski definition) is 2. The van der Waals surface area contributed by atoms with Crippen molar-refractivity contribution in [2.45, 2.75) is 26.8 Å². The van der Waals surface area contributed by atoms with Crippen molar-refractivity contribution < 1.29 is 4.74 Å². The molecule has 2 aromatic rings. The van der Waals surface area contributed by atoms with Crippen molar-refractivity contribution in [3.8, 4) is 0 Å². The molecular weight excluding hydrogens is 372 g/mol. The molecule has 2 N–H and O–H groups in total. The van der Waals surface area contributed by atoms with E-state index in [1.165, 1.54) is 0 Å². The number of hydrogen-bond acceptors (Lipinski definition) is 4. The third-order valence-electron chi connectivity index (χ3n) is 5.06. The van der Waals surface area contributed by atoms with Crippen LogP contribution in [0.1, 0.15) is 24.5 Å². The molecule has 1 aromatic carbocycles. The molecule has 0 aliphatic carbocycles. The second-order valence-corrected chi connectivity index (χ2v) is 7.67. The van der Waals surface area contributed by atoms with Crippen LogP contribution < -0.4 is 10.9 Å². The van der Waals surface area contributed by atoms with Crippen molar-refractivity contribution in [2.75, 3.05) is 45.9 Å². The van der Waals surface area contributed by atoms with Gasteiger partial charge in [-0.3, -0.25) is 9.69 Å². The first-order valence-electron chi connectivity index (χ1n) is 10.0. The molecule has 2 heterocycles. The molecule has 1 aliphatic rings. The van der Waals surface area contributed by atoms with Crippen LogP contribution in [0.4, 0.5) is 0 Å². The Bertz CT molecular complexity index is 861. The number of nitrogens with one attached hydrogen (secondary N) is 2. The van der Waals surface area contributed by atoms with Crippen LogP contribution in [0.5, 0.6) is 0 Å². The number of aromatic amines is 1. The molecule has 0 radical (unpaired) electrons. The fourth-order valence-electron chi connectivity index (χ4n) is 3.51. The lowest BCUT2D eigenvalue weighted by molar-refractivity contribution is 0.0367. The maximum atomic E-state index is 12.6. The molecular formula is C21H30N4O2S. The Morgan fingerprint density at radius 1 is 1.32 bits per heavy atom. The number of nitrogens with zero attached hydrogens (tertiary/aromatic N) is 2. The van der Waals surface area contributed by atoms with Crippen LogP contribution in [-0.4, -0.2) is 65.8 Å². The van der Waals surface area contributed by atoms with Crippen molar-refractivity contribution in [2.24, 2.45) is 0 Å². The normalized spacial score (nSPS) is 14.9. The van der Waals surface area contributed by atoms with Crippen LogP contribution in [0.3, 0.4) is 0 Å². The third-order valence-corrected chi connectivity index (χ3v) is 5.46. The number of thiocarbonyl (C=S) groups is 1. The molecule has 28 heavy (non-hydrogen) atoms. The van der Waals surface area contributed by atoms with Crippen molar-refractivity contribution in [3.63, 3.8) is 0 Å². The molecule has 1 aromatic heterocycles. The highest BCUT2D eigenvalue weighted by Gasteiger charge is 2.15. The molecule has 0 unspecified atom stereocenters. The number of H-pyrrole nitrogens is 1. The van der Waals surface area contributed by atoms with Gasteiger partial charge in [-0.05, 0) is 55.6 Å². The maximum Gasteiger partial charge on any atom is 0.253 e. The smallest absolute Gasteiger partial charge is 0.253 e. The van der Waals surface area contributed by atoms with Gasteiger partial charge in [-0.1, -0.05) is 12.1 Å². The first-order chi connectivity index (χ1) is 13.6. The molecule has 1 fully saturated rings. The second-order valence-electron chi connectivity index (χ2n) is 7.28. The lowest BCUT2D eigenvalue weighted by Crippen LogP contribution is -2.42. The molecule has 0 saturated carbocycles. The van der Waals surface area contributed by atoms with Crippen LogP contribution in [0, 0.1) is 6.92 Å². The van der Waals surface area contributed by atoms with E-state index >= 15 is 0 Å². The number of morpholine rings is 1. The molecule has 3 rings (SSSR count). The fraction of sp³-hybridized carbons (Fsp3) is 0.524. The summed E-state index contributed by atoms with van der Waals surface area (Å²) in [6, 6.07) is 8.10. The van der Waals surface area contributed by atoms with Gasteiger partial charge in [-0.2, -0.15) is 0 Å². The van der Waals surface area contributed by atoms with E-state index in [9.17, 15) is 4.79 Å². The summed E-state index contributed by atoms with van der Waals surface area (Å²) in [5.41, 5.74) is 2.70. The molecule has 0 spiro atoms. The summed E-state index contributed by atoms with van der Waals surface area (Å²) in [6.07, 6.45) is 0.996. The summed E-state index contributed by atoms with van der Waals surface area (Å²) >= 11 is 5.57. The molecule has 152 valence electrons. The summed E-state index contributed by atoms with van der Waals surface area (Å²) in [5, 5.41) is 4.98. The fourth-order valence-corrected chi connectivity index (χ4v) is 3.81. The highest BCUT2D eigenvalue weighted by molar-refractivity contribution is 7.80. The van der Waals surface area contributed by atoms with Gasteiger partial charge in [0.25, 0.3) is 5.56 Å². The van der Waals surface area contributed by atoms with Gasteiger partial charge in [0.2, 0.25) is 0 Å². The average Bonchev–Trinajstić information content (AvgIpc) is 2.68. The lowest BCUT2D eigenvalue weighted by Gasteiger charge is -2.29. The predicted octanol–water partition coefficient (Wildman–Crippen LogP) is 2.26. The SMILES string of the molecule is CCNC(=S)N(CCCN1CCOCC1)Cc1cc2ccc(C)cc2[nH]c1=O. The Kier molecular flexibility index (Phi) is 7.42. The summed E-state index contributed by atoms with van der Waals surface area (Å²) in [7, 11) is 0. The number of aryl methyl sites for hydroxylation is 1. The highest BCUT2D eigenvalue weighted by atomic mass is 32.1. The van der Waals surface area contributed by atoms with Crippen LogP contribution >= 0.6 is 12.2 Å². The molecule has 1 saturated heterocycles. The zero-order chi connectivity index (χ0) is 19.9. The van der Waals surface area contributed by atoms with E-state index in [4.69, 9.17) is 17.0 Å². The zero-order valence-electron chi connectivity index (χ0n) is 16.8. The topological polar surface area (TPSA) is 60.6 Å². The molecule has 1 aliphatic heterocycles. The van der Waals surface area contributed by atoms with Gasteiger partial charge in [0.1, 0.15) is 0 Å². The van der Waals surface area contributed by atoms with E-state index in [0.717, 1.165) is 74.4 Å². The monoisotopic (exact) mass is 402 g/mol. The van der Waals surface area contributed by atoms with Crippen molar-refractivity contribution in [1.82, 2.24) is 20.1 Å². The maximum absolute atomic E-state index is 12.6. The first kappa shape index (κ1) is 20.8. The van der Waals surface area contributed by atoms with E-state index in [1.54, 1.807) is 0 Å². The molecule has 0 atom stereocenters. The Balaban J connectivity index is 1.70. The van der Waals surface area contributed by atoms with Gasteiger partial charge >= 0.3 is 0 Å². The summed E-state index contributed by atoms with van der Waals surface area (Å²) in [6.45, 7) is 10.8. The quantitative estimate of drug-likeness (QED) is 0.693. The largest absolute Gasteiger partial charge is 0.379 e. The van der Waals surface area contributed by atoms with Crippen LogP contribution in [0.2, 0.25) is 0 Å². The minimum Gasteiger partial charge on any atom is -0.379 e. The first-order valence-corrected chi connectivity index (χ1v) is 10.4. The minimum atomic E-state index is -0.0458. The number of fused-ring (bicyclic) bond motifs is 1. The van der Waals surface area contributed by atoms with E-state index in [1.807, 2.05) is 26.0 Å².